The summed E-state index contributed by atoms with van der Waals surface area (Å²) in [6.07, 6.45) is 13.2. The first-order chi connectivity index (χ1) is 6.93. The maximum absolute atomic E-state index is 2.41. The van der Waals surface area contributed by atoms with Crippen LogP contribution < -0.4 is 24.8 Å². The Hall–Kier alpha value is 0.293. The maximum Gasteiger partial charge on any atom is 3.00 e. The largest absolute Gasteiger partial charge is 3.00 e. The van der Waals surface area contributed by atoms with Crippen molar-refractivity contribution in [3.63, 3.8) is 0 Å². The topological polar surface area (TPSA) is 0 Å². The molecule has 0 unspecified atom stereocenters. The SMILES string of the molecule is C1=CCC(c2cc3c([cH-]2)CCCC3)=C1.[Cl-].[Cl-].[Zr+3]. The fraction of sp³-hybridized carbons (Fsp3) is 0.357. The molecule has 0 bridgehead atoms. The van der Waals surface area contributed by atoms with Crippen LogP contribution in [-0.4, -0.2) is 0 Å². The first-order valence-electron chi connectivity index (χ1n) is 5.58. The summed E-state index contributed by atoms with van der Waals surface area (Å²) in [5, 5.41) is 0. The van der Waals surface area contributed by atoms with Gasteiger partial charge in [-0.05, 0) is 12.8 Å². The molecule has 0 nitrogen and oxygen atoms in total. The third kappa shape index (κ3) is 3.63. The second-order valence-corrected chi connectivity index (χ2v) is 4.33. The summed E-state index contributed by atoms with van der Waals surface area (Å²) in [7, 11) is 0. The second-order valence-electron chi connectivity index (χ2n) is 4.33. The van der Waals surface area contributed by atoms with Crippen molar-refractivity contribution in [2.24, 2.45) is 0 Å². The first-order valence-corrected chi connectivity index (χ1v) is 5.58. The molecule has 0 fully saturated rings. The van der Waals surface area contributed by atoms with Gasteiger partial charge in [0.05, 0.1) is 0 Å². The Morgan fingerprint density at radius 1 is 1.06 bits per heavy atom. The minimum Gasteiger partial charge on any atom is -1.00 e. The molecule has 0 heterocycles. The summed E-state index contributed by atoms with van der Waals surface area (Å²) in [6, 6.07) is 4.82. The Morgan fingerprint density at radius 2 is 1.82 bits per heavy atom. The van der Waals surface area contributed by atoms with E-state index in [1.807, 2.05) is 0 Å². The van der Waals surface area contributed by atoms with Gasteiger partial charge >= 0.3 is 26.2 Å². The Labute approximate surface area is 135 Å². The van der Waals surface area contributed by atoms with Gasteiger partial charge in [0.15, 0.2) is 0 Å². The average molecular weight is 345 g/mol. The minimum atomic E-state index is 0. The molecule has 0 amide bonds. The van der Waals surface area contributed by atoms with Gasteiger partial charge in [0.1, 0.15) is 0 Å². The third-order valence-electron chi connectivity index (χ3n) is 3.36. The van der Waals surface area contributed by atoms with Crippen LogP contribution in [0.15, 0.2) is 30.4 Å². The van der Waals surface area contributed by atoms with Gasteiger partial charge < -0.3 is 24.8 Å². The normalized spacial score (nSPS) is 16.1. The van der Waals surface area contributed by atoms with E-state index in [0.29, 0.717) is 0 Å². The van der Waals surface area contributed by atoms with Crippen LogP contribution in [0.1, 0.15) is 36.0 Å². The summed E-state index contributed by atoms with van der Waals surface area (Å²) in [4.78, 5) is 0. The van der Waals surface area contributed by atoms with Gasteiger partial charge in [0.2, 0.25) is 0 Å². The number of hydrogen-bond donors (Lipinski definition) is 0. The van der Waals surface area contributed by atoms with Crippen molar-refractivity contribution in [3.8, 4) is 0 Å². The van der Waals surface area contributed by atoms with Gasteiger partial charge in [-0.25, -0.2) is 0 Å². The minimum absolute atomic E-state index is 0. The molecule has 0 N–H and O–H groups in total. The standard InChI is InChI=1S/C14H15.2ClH.Zr/c1-2-6-11(5-1)14-9-12-7-3-4-8-13(12)10-14;;;/h1-2,5,9-10H,3-4,6-8H2;2*1H;/q-1;;;+3/p-2. The van der Waals surface area contributed by atoms with E-state index in [9.17, 15) is 0 Å². The summed E-state index contributed by atoms with van der Waals surface area (Å²) in [6.45, 7) is 0. The van der Waals surface area contributed by atoms with E-state index in [4.69, 9.17) is 0 Å². The molecule has 0 spiro atoms. The fourth-order valence-electron chi connectivity index (χ4n) is 2.55. The van der Waals surface area contributed by atoms with E-state index in [1.165, 1.54) is 36.8 Å². The molecule has 0 atom stereocenters. The molecule has 2 aliphatic carbocycles. The van der Waals surface area contributed by atoms with Crippen LogP contribution in [0.5, 0.6) is 0 Å². The number of allylic oxidation sites excluding steroid dienone is 4. The molecule has 1 aromatic rings. The van der Waals surface area contributed by atoms with Crippen LogP contribution in [0.2, 0.25) is 0 Å². The molecule has 89 valence electrons. The van der Waals surface area contributed by atoms with Crippen molar-refractivity contribution in [2.75, 3.05) is 0 Å². The molecule has 1 radical (unpaired) electrons. The quantitative estimate of drug-likeness (QED) is 0.500. The van der Waals surface area contributed by atoms with Gasteiger partial charge in [-0.15, -0.1) is 23.3 Å². The van der Waals surface area contributed by atoms with E-state index < -0.39 is 0 Å². The van der Waals surface area contributed by atoms with Crippen molar-refractivity contribution in [2.45, 2.75) is 32.1 Å². The zero-order valence-electron chi connectivity index (χ0n) is 9.68. The van der Waals surface area contributed by atoms with Crippen molar-refractivity contribution < 1.29 is 51.0 Å². The monoisotopic (exact) mass is 343 g/mol. The van der Waals surface area contributed by atoms with Gasteiger partial charge in [0.25, 0.3) is 0 Å². The Morgan fingerprint density at radius 3 is 2.47 bits per heavy atom. The smallest absolute Gasteiger partial charge is 1.00 e. The Balaban J connectivity index is 0.000000853. The molecule has 17 heavy (non-hydrogen) atoms. The Kier molecular flexibility index (Phi) is 7.80. The van der Waals surface area contributed by atoms with Crippen LogP contribution in [0.3, 0.4) is 0 Å². The van der Waals surface area contributed by atoms with E-state index in [-0.39, 0.29) is 51.0 Å². The molecule has 0 saturated heterocycles. The fourth-order valence-corrected chi connectivity index (χ4v) is 2.55. The molecular formula is C14H15Cl2Zr. The van der Waals surface area contributed by atoms with Gasteiger partial charge in [-0.1, -0.05) is 31.4 Å². The summed E-state index contributed by atoms with van der Waals surface area (Å²) in [5.74, 6) is 0. The predicted octanol–water partition coefficient (Wildman–Crippen LogP) is -2.37. The average Bonchev–Trinajstić information content (AvgIpc) is 2.86. The van der Waals surface area contributed by atoms with Gasteiger partial charge in [-0.2, -0.15) is 17.2 Å². The van der Waals surface area contributed by atoms with Crippen LogP contribution in [-0.2, 0) is 39.0 Å². The predicted molar refractivity (Wildman–Crippen MR) is 60.4 cm³/mol. The Bertz CT molecular complexity index is 392. The van der Waals surface area contributed by atoms with Crippen LogP contribution in [0.4, 0.5) is 0 Å². The zero-order valence-corrected chi connectivity index (χ0v) is 13.6. The van der Waals surface area contributed by atoms with Crippen LogP contribution >= 0.6 is 0 Å². The van der Waals surface area contributed by atoms with E-state index in [2.05, 4.69) is 30.4 Å². The molecule has 3 heteroatoms. The first kappa shape index (κ1) is 17.3. The third-order valence-corrected chi connectivity index (χ3v) is 3.36. The summed E-state index contributed by atoms with van der Waals surface area (Å²) < 4.78 is 0. The van der Waals surface area contributed by atoms with E-state index in [1.54, 1.807) is 11.1 Å². The van der Waals surface area contributed by atoms with E-state index >= 15 is 0 Å². The van der Waals surface area contributed by atoms with Crippen molar-refractivity contribution in [1.82, 2.24) is 0 Å². The molecule has 1 aromatic carbocycles. The van der Waals surface area contributed by atoms with Crippen LogP contribution in [0.25, 0.3) is 5.57 Å². The van der Waals surface area contributed by atoms with Crippen molar-refractivity contribution in [1.29, 1.82) is 0 Å². The van der Waals surface area contributed by atoms with Crippen molar-refractivity contribution >= 4 is 5.57 Å². The van der Waals surface area contributed by atoms with Gasteiger partial charge in [-0.3, -0.25) is 0 Å². The zero-order chi connectivity index (χ0) is 9.38. The van der Waals surface area contributed by atoms with E-state index in [0.717, 1.165) is 6.42 Å². The number of aryl methyl sites for hydroxylation is 2. The number of rotatable bonds is 1. The molecule has 0 saturated carbocycles. The maximum atomic E-state index is 2.41. The van der Waals surface area contributed by atoms with Crippen molar-refractivity contribution in [3.05, 3.63) is 47.1 Å². The number of fused-ring (bicyclic) bond motifs is 1. The molecule has 0 aliphatic heterocycles. The molecular weight excluding hydrogens is 330 g/mol. The second kappa shape index (κ2) is 7.67. The summed E-state index contributed by atoms with van der Waals surface area (Å²) in [5.41, 5.74) is 6.19. The summed E-state index contributed by atoms with van der Waals surface area (Å²) >= 11 is 0. The number of halogens is 2. The van der Waals surface area contributed by atoms with Crippen LogP contribution in [0, 0.1) is 0 Å². The molecule has 3 rings (SSSR count). The molecule has 0 aromatic heterocycles. The molecule has 2 aliphatic rings. The number of hydrogen-bond acceptors (Lipinski definition) is 0. The van der Waals surface area contributed by atoms with Gasteiger partial charge in [0, 0.05) is 0 Å².